The van der Waals surface area contributed by atoms with Crippen LogP contribution in [0.3, 0.4) is 0 Å². The molecule has 86 valence electrons. The highest BCUT2D eigenvalue weighted by Crippen LogP contribution is 2.37. The van der Waals surface area contributed by atoms with Crippen LogP contribution in [0.15, 0.2) is 0 Å². The summed E-state index contributed by atoms with van der Waals surface area (Å²) in [5.74, 6) is -3.35. The zero-order chi connectivity index (χ0) is 11.1. The third-order valence-corrected chi connectivity index (χ3v) is 3.50. The highest BCUT2D eigenvalue weighted by Gasteiger charge is 2.43. The summed E-state index contributed by atoms with van der Waals surface area (Å²) in [5.41, 5.74) is 0. The quantitative estimate of drug-likeness (QED) is 0.768. The van der Waals surface area contributed by atoms with Crippen LogP contribution in [0, 0.1) is 0 Å². The lowest BCUT2D eigenvalue weighted by Crippen LogP contribution is -2.58. The molecule has 1 unspecified atom stereocenters. The molecule has 2 fully saturated rings. The Morgan fingerprint density at radius 3 is 2.27 bits per heavy atom. The van der Waals surface area contributed by atoms with Gasteiger partial charge in [0.25, 0.3) is 0 Å². The van der Waals surface area contributed by atoms with Crippen molar-refractivity contribution in [2.75, 3.05) is 6.54 Å². The molecule has 1 saturated carbocycles. The van der Waals surface area contributed by atoms with E-state index in [1.54, 1.807) is 0 Å². The summed E-state index contributed by atoms with van der Waals surface area (Å²) in [6.45, 7) is 0.743. The van der Waals surface area contributed by atoms with Gasteiger partial charge >= 0.3 is 5.97 Å². The Hall–Kier alpha value is -0.710. The van der Waals surface area contributed by atoms with Gasteiger partial charge in [0.05, 0.1) is 0 Å². The van der Waals surface area contributed by atoms with Crippen molar-refractivity contribution in [2.24, 2.45) is 0 Å². The molecular formula is C10H15F2NO2. The standard InChI is InChI=1S/C10H15F2NO2/c11-10(12)4-1-7(2-5-10)13-6-3-8(13)9(14)15/h7-8H,1-6H2,(H,14,15). The lowest BCUT2D eigenvalue weighted by atomic mass is 9.87. The van der Waals surface area contributed by atoms with Crippen LogP contribution in [0.1, 0.15) is 32.1 Å². The molecule has 1 atom stereocenters. The van der Waals surface area contributed by atoms with Crippen LogP contribution >= 0.6 is 0 Å². The number of carboxylic acids is 1. The lowest BCUT2D eigenvalue weighted by molar-refractivity contribution is -0.152. The highest BCUT2D eigenvalue weighted by atomic mass is 19.3. The summed E-state index contributed by atoms with van der Waals surface area (Å²) in [6.07, 6.45) is 1.32. The van der Waals surface area contributed by atoms with E-state index < -0.39 is 17.9 Å². The van der Waals surface area contributed by atoms with E-state index in [1.165, 1.54) is 0 Å². The minimum Gasteiger partial charge on any atom is -0.480 e. The molecule has 0 bridgehead atoms. The molecule has 1 saturated heterocycles. The van der Waals surface area contributed by atoms with Gasteiger partial charge in [0.2, 0.25) is 5.92 Å². The van der Waals surface area contributed by atoms with E-state index >= 15 is 0 Å². The maximum atomic E-state index is 12.9. The number of carboxylic acid groups (broad SMARTS) is 1. The lowest BCUT2D eigenvalue weighted by Gasteiger charge is -2.46. The number of hydrogen-bond acceptors (Lipinski definition) is 2. The van der Waals surface area contributed by atoms with E-state index in [-0.39, 0.29) is 18.9 Å². The summed E-state index contributed by atoms with van der Waals surface area (Å²) in [6, 6.07) is -0.374. The van der Waals surface area contributed by atoms with Crippen LogP contribution in [-0.2, 0) is 4.79 Å². The molecule has 5 heteroatoms. The van der Waals surface area contributed by atoms with Crippen LogP contribution in [0.4, 0.5) is 8.78 Å². The van der Waals surface area contributed by atoms with Crippen molar-refractivity contribution >= 4 is 5.97 Å². The zero-order valence-corrected chi connectivity index (χ0v) is 8.46. The SMILES string of the molecule is O=C(O)C1CCN1C1CCC(F)(F)CC1. The second-order valence-electron chi connectivity index (χ2n) is 4.47. The van der Waals surface area contributed by atoms with Gasteiger partial charge in [0, 0.05) is 25.4 Å². The number of carbonyl (C=O) groups is 1. The van der Waals surface area contributed by atoms with Gasteiger partial charge in [-0.25, -0.2) is 8.78 Å². The van der Waals surface area contributed by atoms with Crippen molar-refractivity contribution in [3.05, 3.63) is 0 Å². The minimum atomic E-state index is -2.53. The van der Waals surface area contributed by atoms with Gasteiger partial charge < -0.3 is 5.11 Å². The summed E-state index contributed by atoms with van der Waals surface area (Å²) in [7, 11) is 0. The third-order valence-electron chi connectivity index (χ3n) is 3.50. The Balaban J connectivity index is 1.89. The predicted molar refractivity (Wildman–Crippen MR) is 49.9 cm³/mol. The maximum Gasteiger partial charge on any atom is 0.320 e. The monoisotopic (exact) mass is 219 g/mol. The Labute approximate surface area is 87.1 Å². The number of rotatable bonds is 2. The Bertz CT molecular complexity index is 260. The Morgan fingerprint density at radius 2 is 1.87 bits per heavy atom. The van der Waals surface area contributed by atoms with Gasteiger partial charge in [-0.2, -0.15) is 0 Å². The average Bonchev–Trinajstić information content (AvgIpc) is 2.05. The largest absolute Gasteiger partial charge is 0.480 e. The molecule has 0 aromatic heterocycles. The number of hydrogen-bond donors (Lipinski definition) is 1. The predicted octanol–water partition coefficient (Wildman–Crippen LogP) is 1.72. The zero-order valence-electron chi connectivity index (χ0n) is 8.46. The molecule has 1 aliphatic heterocycles. The number of aliphatic carboxylic acids is 1. The van der Waals surface area contributed by atoms with Crippen LogP contribution in [0.2, 0.25) is 0 Å². The molecule has 3 nitrogen and oxygen atoms in total. The summed E-state index contributed by atoms with van der Waals surface area (Å²) in [4.78, 5) is 12.6. The number of likely N-dealkylation sites (tertiary alicyclic amines) is 1. The van der Waals surface area contributed by atoms with Crippen molar-refractivity contribution in [2.45, 2.75) is 50.1 Å². The van der Waals surface area contributed by atoms with Crippen molar-refractivity contribution < 1.29 is 18.7 Å². The molecule has 0 spiro atoms. The van der Waals surface area contributed by atoms with Crippen molar-refractivity contribution in [1.82, 2.24) is 4.90 Å². The van der Waals surface area contributed by atoms with Gasteiger partial charge in [-0.05, 0) is 19.3 Å². The van der Waals surface area contributed by atoms with E-state index in [4.69, 9.17) is 5.11 Å². The molecular weight excluding hydrogens is 204 g/mol. The number of nitrogens with zero attached hydrogens (tertiary/aromatic N) is 1. The number of halogens is 2. The van der Waals surface area contributed by atoms with Gasteiger partial charge in [-0.1, -0.05) is 0 Å². The van der Waals surface area contributed by atoms with Gasteiger partial charge in [0.15, 0.2) is 0 Å². The third kappa shape index (κ3) is 2.12. The first kappa shape index (κ1) is 10.8. The molecule has 0 amide bonds. The first-order valence-electron chi connectivity index (χ1n) is 5.36. The van der Waals surface area contributed by atoms with E-state index in [9.17, 15) is 13.6 Å². The van der Waals surface area contributed by atoms with E-state index in [0.29, 0.717) is 19.3 Å². The van der Waals surface area contributed by atoms with Crippen LogP contribution in [0.5, 0.6) is 0 Å². The number of alkyl halides is 2. The van der Waals surface area contributed by atoms with E-state index in [0.717, 1.165) is 6.54 Å². The summed E-state index contributed by atoms with van der Waals surface area (Å²) < 4.78 is 25.8. The molecule has 15 heavy (non-hydrogen) atoms. The Morgan fingerprint density at radius 1 is 1.27 bits per heavy atom. The Kier molecular flexibility index (Phi) is 2.66. The smallest absolute Gasteiger partial charge is 0.320 e. The molecule has 0 aromatic carbocycles. The topological polar surface area (TPSA) is 40.5 Å². The fraction of sp³-hybridized carbons (Fsp3) is 0.900. The summed E-state index contributed by atoms with van der Waals surface area (Å²) >= 11 is 0. The second-order valence-corrected chi connectivity index (χ2v) is 4.47. The molecule has 2 aliphatic rings. The molecule has 1 heterocycles. The molecule has 1 aliphatic carbocycles. The minimum absolute atomic E-state index is 0.0551. The van der Waals surface area contributed by atoms with Crippen LogP contribution in [0.25, 0.3) is 0 Å². The van der Waals surface area contributed by atoms with Crippen molar-refractivity contribution in [1.29, 1.82) is 0 Å². The van der Waals surface area contributed by atoms with Gasteiger partial charge in [-0.15, -0.1) is 0 Å². The van der Waals surface area contributed by atoms with Gasteiger partial charge in [0.1, 0.15) is 6.04 Å². The van der Waals surface area contributed by atoms with Crippen molar-refractivity contribution in [3.8, 4) is 0 Å². The molecule has 0 aromatic rings. The average molecular weight is 219 g/mol. The highest BCUT2D eigenvalue weighted by molar-refractivity contribution is 5.74. The molecule has 1 N–H and O–H groups in total. The van der Waals surface area contributed by atoms with Gasteiger partial charge in [-0.3, -0.25) is 9.69 Å². The normalized spacial score (nSPS) is 32.3. The fourth-order valence-electron chi connectivity index (χ4n) is 2.47. The second kappa shape index (κ2) is 3.70. The first-order chi connectivity index (χ1) is 6.99. The first-order valence-corrected chi connectivity index (χ1v) is 5.36. The van der Waals surface area contributed by atoms with E-state index in [2.05, 4.69) is 0 Å². The maximum absolute atomic E-state index is 12.9. The molecule has 0 radical (unpaired) electrons. The van der Waals surface area contributed by atoms with Crippen LogP contribution < -0.4 is 0 Å². The fourth-order valence-corrected chi connectivity index (χ4v) is 2.47. The summed E-state index contributed by atoms with van der Waals surface area (Å²) in [5, 5.41) is 8.85. The molecule has 2 rings (SSSR count). The van der Waals surface area contributed by atoms with E-state index in [1.807, 2.05) is 4.90 Å². The van der Waals surface area contributed by atoms with Crippen molar-refractivity contribution in [3.63, 3.8) is 0 Å². The van der Waals surface area contributed by atoms with Crippen LogP contribution in [-0.4, -0.2) is 40.5 Å².